The molecule has 1 heterocycles. The van der Waals surface area contributed by atoms with E-state index >= 15 is 0 Å². The van der Waals surface area contributed by atoms with Crippen LogP contribution in [0.15, 0.2) is 15.9 Å². The molecule has 104 valence electrons. The molecule has 3 amide bonds. The minimum Gasteiger partial charge on any atom is -0.480 e. The lowest BCUT2D eigenvalue weighted by Crippen LogP contribution is -2.47. The summed E-state index contributed by atoms with van der Waals surface area (Å²) in [5, 5.41) is 13.5. The highest BCUT2D eigenvalue weighted by Crippen LogP contribution is 2.21. The zero-order valence-electron chi connectivity index (χ0n) is 9.68. The first-order valence-corrected chi connectivity index (χ1v) is 6.79. The van der Waals surface area contributed by atoms with E-state index < -0.39 is 30.4 Å². The maximum atomic E-state index is 11.5. The van der Waals surface area contributed by atoms with Crippen molar-refractivity contribution in [2.24, 2.45) is 5.73 Å². The van der Waals surface area contributed by atoms with Gasteiger partial charge in [-0.25, -0.2) is 9.59 Å². The lowest BCUT2D eigenvalue weighted by molar-refractivity contribution is -0.140. The van der Waals surface area contributed by atoms with Crippen molar-refractivity contribution < 1.29 is 19.5 Å². The van der Waals surface area contributed by atoms with Gasteiger partial charge >= 0.3 is 12.0 Å². The van der Waals surface area contributed by atoms with Gasteiger partial charge in [0.25, 0.3) is 0 Å². The monoisotopic (exact) mass is 349 g/mol. The number of carboxylic acids is 1. The number of rotatable bonds is 6. The molecule has 0 spiro atoms. The lowest BCUT2D eigenvalue weighted by atomic mass is 10.2. The topological polar surface area (TPSA) is 122 Å². The molecule has 1 rings (SSSR count). The van der Waals surface area contributed by atoms with E-state index in [0.717, 1.165) is 8.66 Å². The Hall–Kier alpha value is -1.61. The average molecular weight is 350 g/mol. The van der Waals surface area contributed by atoms with Gasteiger partial charge in [-0.2, -0.15) is 0 Å². The molecule has 7 nitrogen and oxygen atoms in total. The van der Waals surface area contributed by atoms with Crippen molar-refractivity contribution in [3.05, 3.63) is 20.8 Å². The number of amides is 3. The van der Waals surface area contributed by atoms with Gasteiger partial charge in [-0.3, -0.25) is 4.79 Å². The molecule has 9 heteroatoms. The number of carboxylic acid groups (broad SMARTS) is 1. The maximum absolute atomic E-state index is 11.5. The number of hydrogen-bond donors (Lipinski definition) is 4. The first kappa shape index (κ1) is 15.4. The quantitative estimate of drug-likeness (QED) is 0.601. The van der Waals surface area contributed by atoms with E-state index in [0.29, 0.717) is 0 Å². The number of carbonyl (C=O) groups excluding carboxylic acids is 2. The summed E-state index contributed by atoms with van der Waals surface area (Å²) < 4.78 is 0.932. The molecule has 0 aliphatic carbocycles. The molecule has 5 N–H and O–H groups in total. The predicted octanol–water partition coefficient (Wildman–Crippen LogP) is 0.638. The van der Waals surface area contributed by atoms with E-state index in [-0.39, 0.29) is 6.54 Å². The second-order valence-electron chi connectivity index (χ2n) is 3.59. The first-order valence-electron chi connectivity index (χ1n) is 5.18. The van der Waals surface area contributed by atoms with E-state index in [9.17, 15) is 14.4 Å². The van der Waals surface area contributed by atoms with Crippen molar-refractivity contribution in [3.8, 4) is 0 Å². The highest BCUT2D eigenvalue weighted by Gasteiger charge is 2.21. The van der Waals surface area contributed by atoms with Crippen LogP contribution in [0.25, 0.3) is 0 Å². The lowest BCUT2D eigenvalue weighted by Gasteiger charge is -2.13. The summed E-state index contributed by atoms with van der Waals surface area (Å²) in [6.07, 6.45) is -0.451. The molecule has 1 unspecified atom stereocenters. The average Bonchev–Trinajstić information content (AvgIpc) is 2.71. The van der Waals surface area contributed by atoms with Gasteiger partial charge < -0.3 is 21.5 Å². The number of aliphatic carboxylic acids is 1. The number of urea groups is 1. The molecule has 0 saturated carbocycles. The van der Waals surface area contributed by atoms with Crippen molar-refractivity contribution in [1.29, 1.82) is 0 Å². The van der Waals surface area contributed by atoms with Gasteiger partial charge in [-0.05, 0) is 28.1 Å². The molecule has 0 radical (unpaired) electrons. The van der Waals surface area contributed by atoms with Crippen LogP contribution in [0.1, 0.15) is 11.3 Å². The standard InChI is InChI=1S/C10H12BrN3O4S/c11-7-2-1-5(19-7)4-13-10(18)14-6(9(16)17)3-8(12)15/h1-2,6H,3-4H2,(H2,12,15)(H,16,17)(H2,13,14,18). The number of halogens is 1. The summed E-state index contributed by atoms with van der Waals surface area (Å²) in [5.41, 5.74) is 4.90. The largest absolute Gasteiger partial charge is 0.480 e. The Kier molecular flexibility index (Phi) is 5.77. The van der Waals surface area contributed by atoms with E-state index in [1.54, 1.807) is 0 Å². The second-order valence-corrected chi connectivity index (χ2v) is 6.14. The molecule has 0 fully saturated rings. The van der Waals surface area contributed by atoms with Crippen LogP contribution >= 0.6 is 27.3 Å². The van der Waals surface area contributed by atoms with Crippen molar-refractivity contribution in [1.82, 2.24) is 10.6 Å². The molecular formula is C10H12BrN3O4S. The van der Waals surface area contributed by atoms with Gasteiger partial charge in [0.1, 0.15) is 6.04 Å². The normalized spacial score (nSPS) is 11.6. The summed E-state index contributed by atoms with van der Waals surface area (Å²) in [4.78, 5) is 33.8. The van der Waals surface area contributed by atoms with E-state index in [4.69, 9.17) is 10.8 Å². The van der Waals surface area contributed by atoms with E-state index in [1.165, 1.54) is 11.3 Å². The summed E-state index contributed by atoms with van der Waals surface area (Å²) in [6, 6.07) is 1.67. The van der Waals surface area contributed by atoms with E-state index in [1.807, 2.05) is 12.1 Å². The zero-order chi connectivity index (χ0) is 14.4. The van der Waals surface area contributed by atoms with Crippen molar-refractivity contribution in [3.63, 3.8) is 0 Å². The van der Waals surface area contributed by atoms with E-state index in [2.05, 4.69) is 26.6 Å². The van der Waals surface area contributed by atoms with Crippen LogP contribution in [-0.2, 0) is 16.1 Å². The Labute approximate surface area is 121 Å². The molecule has 1 aromatic rings. The Bertz CT molecular complexity index is 491. The minimum absolute atomic E-state index is 0.269. The maximum Gasteiger partial charge on any atom is 0.326 e. The molecule has 0 aromatic carbocycles. The predicted molar refractivity (Wildman–Crippen MR) is 72.6 cm³/mol. The second kappa shape index (κ2) is 7.10. The molecule has 1 aromatic heterocycles. The number of nitrogens with two attached hydrogens (primary N) is 1. The van der Waals surface area contributed by atoms with Crippen LogP contribution in [0, 0.1) is 0 Å². The summed E-state index contributed by atoms with van der Waals surface area (Å²) in [5.74, 6) is -2.11. The van der Waals surface area contributed by atoms with Crippen molar-refractivity contribution in [2.75, 3.05) is 0 Å². The van der Waals surface area contributed by atoms with Crippen LogP contribution in [0.4, 0.5) is 4.79 Å². The highest BCUT2D eigenvalue weighted by atomic mass is 79.9. The van der Waals surface area contributed by atoms with Gasteiger partial charge in [0.2, 0.25) is 5.91 Å². The third-order valence-electron chi connectivity index (χ3n) is 2.06. The van der Waals surface area contributed by atoms with Gasteiger partial charge in [-0.15, -0.1) is 11.3 Å². The summed E-state index contributed by atoms with van der Waals surface area (Å²) in [6.45, 7) is 0.269. The molecular weight excluding hydrogens is 338 g/mol. The zero-order valence-corrected chi connectivity index (χ0v) is 12.1. The third kappa shape index (κ3) is 5.71. The Balaban J connectivity index is 2.44. The molecule has 0 saturated heterocycles. The fraction of sp³-hybridized carbons (Fsp3) is 0.300. The fourth-order valence-electron chi connectivity index (χ4n) is 1.22. The molecule has 0 aliphatic rings. The summed E-state index contributed by atoms with van der Waals surface area (Å²) >= 11 is 4.74. The van der Waals surface area contributed by atoms with Gasteiger partial charge in [-0.1, -0.05) is 0 Å². The van der Waals surface area contributed by atoms with Crippen molar-refractivity contribution >= 4 is 45.2 Å². The van der Waals surface area contributed by atoms with Crippen molar-refractivity contribution in [2.45, 2.75) is 19.0 Å². The van der Waals surface area contributed by atoms with Gasteiger partial charge in [0.05, 0.1) is 16.8 Å². The van der Waals surface area contributed by atoms with Crippen LogP contribution in [0.2, 0.25) is 0 Å². The number of primary amides is 1. The first-order chi connectivity index (χ1) is 8.88. The van der Waals surface area contributed by atoms with Gasteiger partial charge in [0.15, 0.2) is 0 Å². The molecule has 1 atom stereocenters. The Morgan fingerprint density at radius 3 is 2.58 bits per heavy atom. The third-order valence-corrected chi connectivity index (χ3v) is 3.68. The number of carbonyl (C=O) groups is 3. The highest BCUT2D eigenvalue weighted by molar-refractivity contribution is 9.11. The Morgan fingerprint density at radius 2 is 2.11 bits per heavy atom. The van der Waals surface area contributed by atoms with Crippen LogP contribution in [-0.4, -0.2) is 29.1 Å². The van der Waals surface area contributed by atoms with Crippen LogP contribution < -0.4 is 16.4 Å². The minimum atomic E-state index is -1.33. The van der Waals surface area contributed by atoms with Gasteiger partial charge in [0, 0.05) is 4.88 Å². The Morgan fingerprint density at radius 1 is 1.42 bits per heavy atom. The number of thiophene rings is 1. The molecule has 19 heavy (non-hydrogen) atoms. The number of nitrogens with one attached hydrogen (secondary N) is 2. The molecule has 0 aliphatic heterocycles. The van der Waals surface area contributed by atoms with Crippen LogP contribution in [0.3, 0.4) is 0 Å². The van der Waals surface area contributed by atoms with Crippen LogP contribution in [0.5, 0.6) is 0 Å². The summed E-state index contributed by atoms with van der Waals surface area (Å²) in [7, 11) is 0. The SMILES string of the molecule is NC(=O)CC(NC(=O)NCc1ccc(Br)s1)C(=O)O. The fourth-order valence-corrected chi connectivity index (χ4v) is 2.65. The number of hydrogen-bond acceptors (Lipinski definition) is 4. The molecule has 0 bridgehead atoms. The smallest absolute Gasteiger partial charge is 0.326 e.